The van der Waals surface area contributed by atoms with Crippen molar-refractivity contribution in [2.75, 3.05) is 26.2 Å². The van der Waals surface area contributed by atoms with Crippen LogP contribution >= 0.6 is 0 Å². The minimum Gasteiger partial charge on any atom is -0.491 e. The van der Waals surface area contributed by atoms with Gasteiger partial charge in [0.1, 0.15) is 5.75 Å². The first kappa shape index (κ1) is 14.9. The van der Waals surface area contributed by atoms with Gasteiger partial charge in [-0.05, 0) is 38.0 Å². The smallest absolute Gasteiger partial charge is 0.222 e. The second kappa shape index (κ2) is 7.29. The van der Waals surface area contributed by atoms with E-state index in [1.807, 2.05) is 43.0 Å². The van der Waals surface area contributed by atoms with E-state index >= 15 is 0 Å². The zero-order valence-electron chi connectivity index (χ0n) is 12.4. The Morgan fingerprint density at radius 2 is 1.90 bits per heavy atom. The number of carbonyl (C=O) groups is 1. The fourth-order valence-corrected chi connectivity index (χ4v) is 2.33. The fourth-order valence-electron chi connectivity index (χ4n) is 2.33. The molecule has 20 heavy (non-hydrogen) atoms. The van der Waals surface area contributed by atoms with Gasteiger partial charge in [-0.25, -0.2) is 0 Å². The molecular weight excluding hydrogens is 252 g/mol. The molecule has 0 unspecified atom stereocenters. The molecule has 110 valence electrons. The predicted molar refractivity (Wildman–Crippen MR) is 80.0 cm³/mol. The monoisotopic (exact) mass is 276 g/mol. The van der Waals surface area contributed by atoms with Crippen LogP contribution in [0.4, 0.5) is 0 Å². The highest BCUT2D eigenvalue weighted by atomic mass is 16.5. The number of nitrogens with zero attached hydrogens (tertiary/aromatic N) is 1. The molecule has 0 aliphatic carbocycles. The largest absolute Gasteiger partial charge is 0.491 e. The van der Waals surface area contributed by atoms with Crippen molar-refractivity contribution in [2.24, 2.45) is 0 Å². The number of ether oxygens (including phenoxy) is 1. The summed E-state index contributed by atoms with van der Waals surface area (Å²) in [6.45, 7) is 7.51. The van der Waals surface area contributed by atoms with Crippen molar-refractivity contribution in [2.45, 2.75) is 32.8 Å². The Morgan fingerprint density at radius 1 is 1.25 bits per heavy atom. The van der Waals surface area contributed by atoms with Gasteiger partial charge in [0.15, 0.2) is 0 Å². The lowest BCUT2D eigenvalue weighted by molar-refractivity contribution is -0.131. The SMILES string of the molecule is CC(C)Oc1ccc(CCC(=O)N2CCNCC2)cc1. The van der Waals surface area contributed by atoms with E-state index in [-0.39, 0.29) is 12.0 Å². The Labute approximate surface area is 121 Å². The van der Waals surface area contributed by atoms with Crippen molar-refractivity contribution in [3.05, 3.63) is 29.8 Å². The van der Waals surface area contributed by atoms with Crippen LogP contribution in [0.5, 0.6) is 5.75 Å². The molecule has 0 saturated carbocycles. The zero-order chi connectivity index (χ0) is 14.4. The van der Waals surface area contributed by atoms with Crippen LogP contribution in [0.3, 0.4) is 0 Å². The first-order valence-corrected chi connectivity index (χ1v) is 7.39. The Bertz CT molecular complexity index is 423. The van der Waals surface area contributed by atoms with Crippen LogP contribution in [-0.2, 0) is 11.2 Å². The van der Waals surface area contributed by atoms with Crippen LogP contribution in [0.15, 0.2) is 24.3 Å². The molecular formula is C16H24N2O2. The number of aryl methyl sites for hydroxylation is 1. The van der Waals surface area contributed by atoms with E-state index in [2.05, 4.69) is 5.32 Å². The summed E-state index contributed by atoms with van der Waals surface area (Å²) >= 11 is 0. The molecule has 1 amide bonds. The summed E-state index contributed by atoms with van der Waals surface area (Å²) in [7, 11) is 0. The van der Waals surface area contributed by atoms with Gasteiger partial charge < -0.3 is 15.0 Å². The quantitative estimate of drug-likeness (QED) is 0.892. The van der Waals surface area contributed by atoms with Crippen molar-refractivity contribution < 1.29 is 9.53 Å². The molecule has 4 nitrogen and oxygen atoms in total. The van der Waals surface area contributed by atoms with Crippen LogP contribution in [0.2, 0.25) is 0 Å². The van der Waals surface area contributed by atoms with Gasteiger partial charge in [-0.15, -0.1) is 0 Å². The number of hydrogen-bond acceptors (Lipinski definition) is 3. The van der Waals surface area contributed by atoms with Crippen LogP contribution < -0.4 is 10.1 Å². The standard InChI is InChI=1S/C16H24N2O2/c1-13(2)20-15-6-3-14(4-7-15)5-8-16(19)18-11-9-17-10-12-18/h3-4,6-7,13,17H,5,8-12H2,1-2H3. The molecule has 4 heteroatoms. The maximum absolute atomic E-state index is 12.1. The third-order valence-corrected chi connectivity index (χ3v) is 3.39. The highest BCUT2D eigenvalue weighted by Gasteiger charge is 2.15. The molecule has 0 radical (unpaired) electrons. The lowest BCUT2D eigenvalue weighted by Gasteiger charge is -2.27. The molecule has 1 fully saturated rings. The second-order valence-corrected chi connectivity index (χ2v) is 5.44. The summed E-state index contributed by atoms with van der Waals surface area (Å²) in [6.07, 6.45) is 1.57. The predicted octanol–water partition coefficient (Wildman–Crippen LogP) is 1.84. The van der Waals surface area contributed by atoms with Gasteiger partial charge in [-0.2, -0.15) is 0 Å². The molecule has 1 aromatic rings. The molecule has 1 saturated heterocycles. The number of nitrogens with one attached hydrogen (secondary N) is 1. The van der Waals surface area contributed by atoms with Crippen molar-refractivity contribution in [1.29, 1.82) is 0 Å². The third-order valence-electron chi connectivity index (χ3n) is 3.39. The number of carbonyl (C=O) groups excluding carboxylic acids is 1. The van der Waals surface area contributed by atoms with Crippen molar-refractivity contribution in [1.82, 2.24) is 10.2 Å². The Hall–Kier alpha value is -1.55. The molecule has 1 aliphatic rings. The van der Waals surface area contributed by atoms with E-state index in [9.17, 15) is 4.79 Å². The topological polar surface area (TPSA) is 41.6 Å². The Kier molecular flexibility index (Phi) is 5.41. The number of piperazine rings is 1. The van der Waals surface area contributed by atoms with E-state index in [0.717, 1.165) is 38.3 Å². The van der Waals surface area contributed by atoms with Gasteiger partial charge in [0.2, 0.25) is 5.91 Å². The van der Waals surface area contributed by atoms with Crippen LogP contribution in [0, 0.1) is 0 Å². The molecule has 0 aromatic heterocycles. The number of hydrogen-bond donors (Lipinski definition) is 1. The summed E-state index contributed by atoms with van der Waals surface area (Å²) in [4.78, 5) is 14.0. The summed E-state index contributed by atoms with van der Waals surface area (Å²) in [5.41, 5.74) is 1.18. The van der Waals surface area contributed by atoms with Crippen molar-refractivity contribution in [3.8, 4) is 5.75 Å². The number of amides is 1. The number of benzene rings is 1. The summed E-state index contributed by atoms with van der Waals surface area (Å²) in [5.74, 6) is 1.14. The highest BCUT2D eigenvalue weighted by molar-refractivity contribution is 5.76. The normalized spacial score (nSPS) is 15.4. The lowest BCUT2D eigenvalue weighted by Crippen LogP contribution is -2.46. The first-order valence-electron chi connectivity index (χ1n) is 7.39. The van der Waals surface area contributed by atoms with Crippen LogP contribution in [0.1, 0.15) is 25.8 Å². The molecule has 1 N–H and O–H groups in total. The van der Waals surface area contributed by atoms with E-state index in [1.54, 1.807) is 0 Å². The molecule has 0 spiro atoms. The minimum atomic E-state index is 0.190. The average Bonchev–Trinajstić information content (AvgIpc) is 2.46. The third kappa shape index (κ3) is 4.53. The maximum atomic E-state index is 12.1. The van der Waals surface area contributed by atoms with Gasteiger partial charge in [-0.3, -0.25) is 4.79 Å². The van der Waals surface area contributed by atoms with Gasteiger partial charge in [0, 0.05) is 32.6 Å². The second-order valence-electron chi connectivity index (χ2n) is 5.44. The lowest BCUT2D eigenvalue weighted by atomic mass is 10.1. The molecule has 1 aromatic carbocycles. The van der Waals surface area contributed by atoms with E-state index < -0.39 is 0 Å². The highest BCUT2D eigenvalue weighted by Crippen LogP contribution is 2.15. The molecule has 2 rings (SSSR count). The summed E-state index contributed by atoms with van der Waals surface area (Å²) in [6, 6.07) is 8.04. The zero-order valence-corrected chi connectivity index (χ0v) is 12.4. The molecule has 1 aliphatic heterocycles. The van der Waals surface area contributed by atoms with Gasteiger partial charge in [-0.1, -0.05) is 12.1 Å². The maximum Gasteiger partial charge on any atom is 0.222 e. The van der Waals surface area contributed by atoms with Gasteiger partial charge in [0.25, 0.3) is 0 Å². The summed E-state index contributed by atoms with van der Waals surface area (Å²) in [5, 5.41) is 3.26. The van der Waals surface area contributed by atoms with E-state index in [1.165, 1.54) is 5.56 Å². The molecule has 1 heterocycles. The minimum absolute atomic E-state index is 0.190. The van der Waals surface area contributed by atoms with Crippen LogP contribution in [-0.4, -0.2) is 43.1 Å². The first-order chi connectivity index (χ1) is 9.65. The Balaban J connectivity index is 1.79. The van der Waals surface area contributed by atoms with Crippen molar-refractivity contribution >= 4 is 5.91 Å². The number of rotatable bonds is 5. The van der Waals surface area contributed by atoms with E-state index in [4.69, 9.17) is 4.74 Å². The average molecular weight is 276 g/mol. The fraction of sp³-hybridized carbons (Fsp3) is 0.562. The molecule has 0 atom stereocenters. The van der Waals surface area contributed by atoms with Crippen molar-refractivity contribution in [3.63, 3.8) is 0 Å². The Morgan fingerprint density at radius 3 is 2.50 bits per heavy atom. The van der Waals surface area contributed by atoms with Gasteiger partial charge in [0.05, 0.1) is 6.10 Å². The van der Waals surface area contributed by atoms with Crippen LogP contribution in [0.25, 0.3) is 0 Å². The molecule has 0 bridgehead atoms. The van der Waals surface area contributed by atoms with E-state index in [0.29, 0.717) is 6.42 Å². The van der Waals surface area contributed by atoms with Gasteiger partial charge >= 0.3 is 0 Å². The summed E-state index contributed by atoms with van der Waals surface area (Å²) < 4.78 is 5.61.